The third-order valence-corrected chi connectivity index (χ3v) is 1.80. The molecule has 0 spiro atoms. The number of esters is 1. The molecule has 0 aliphatic carbocycles. The lowest BCUT2D eigenvalue weighted by Gasteiger charge is -2.10. The minimum atomic E-state index is -0.807. The Morgan fingerprint density at radius 2 is 2.11 bits per heavy atom. The lowest BCUT2D eigenvalue weighted by Crippen LogP contribution is -2.10. The van der Waals surface area contributed by atoms with Crippen LogP contribution in [0.25, 0.3) is 6.08 Å². The van der Waals surface area contributed by atoms with E-state index in [-0.39, 0.29) is 24.3 Å². The number of carbonyl (C=O) groups excluding carboxylic acids is 1. The Bertz CT molecular complexity index is 443. The lowest BCUT2D eigenvalue weighted by molar-refractivity contribution is -0.141. The number of carbonyl (C=O) groups is 1. The number of aliphatic hydroxyl groups is 1. The average Bonchev–Trinajstić information content (AvgIpc) is 2.31. The number of hydrogen-bond acceptors (Lipinski definition) is 6. The highest BCUT2D eigenvalue weighted by Crippen LogP contribution is 2.16. The zero-order valence-electron chi connectivity index (χ0n) is 10.6. The van der Waals surface area contributed by atoms with E-state index in [1.54, 1.807) is 6.92 Å². The molecule has 6 heteroatoms. The molecule has 98 valence electrons. The zero-order valence-corrected chi connectivity index (χ0v) is 10.6. The topological polar surface area (TPSA) is 81.5 Å². The van der Waals surface area contributed by atoms with E-state index in [1.807, 2.05) is 13.8 Å². The van der Waals surface area contributed by atoms with Gasteiger partial charge in [0, 0.05) is 18.5 Å². The first-order valence-corrected chi connectivity index (χ1v) is 5.60. The maximum Gasteiger partial charge on any atom is 0.373 e. The smallest absolute Gasteiger partial charge is 0.373 e. The average molecular weight is 252 g/mol. The highest BCUT2D eigenvalue weighted by Gasteiger charge is 2.12. The molecular weight excluding hydrogens is 236 g/mol. The molecule has 18 heavy (non-hydrogen) atoms. The standard InChI is InChI=1S/C12H16N2O4/c1-4-17-12(16)10(15)7-9-11(18-8(2)3)14-6-5-13-9/h5-8,15H,4H2,1-3H3/b10-7-. The van der Waals surface area contributed by atoms with E-state index in [1.165, 1.54) is 18.5 Å². The zero-order chi connectivity index (χ0) is 13.5. The van der Waals surface area contributed by atoms with Crippen molar-refractivity contribution in [3.63, 3.8) is 0 Å². The largest absolute Gasteiger partial charge is 0.502 e. The van der Waals surface area contributed by atoms with Gasteiger partial charge in [-0.15, -0.1) is 0 Å². The van der Waals surface area contributed by atoms with Crippen LogP contribution in [0.15, 0.2) is 18.2 Å². The van der Waals surface area contributed by atoms with Crippen LogP contribution in [0.4, 0.5) is 0 Å². The molecule has 0 saturated heterocycles. The molecule has 0 aromatic carbocycles. The summed E-state index contributed by atoms with van der Waals surface area (Å²) < 4.78 is 10.1. The van der Waals surface area contributed by atoms with Gasteiger partial charge < -0.3 is 14.6 Å². The van der Waals surface area contributed by atoms with Gasteiger partial charge in [0.05, 0.1) is 12.7 Å². The number of ether oxygens (including phenoxy) is 2. The van der Waals surface area contributed by atoms with Gasteiger partial charge in [0.2, 0.25) is 11.6 Å². The number of aromatic nitrogens is 2. The first-order valence-electron chi connectivity index (χ1n) is 5.60. The van der Waals surface area contributed by atoms with E-state index in [4.69, 9.17) is 4.74 Å². The Kier molecular flexibility index (Phi) is 5.10. The summed E-state index contributed by atoms with van der Waals surface area (Å²) in [5.74, 6) is -1.09. The Labute approximate surface area is 105 Å². The van der Waals surface area contributed by atoms with Crippen molar-refractivity contribution >= 4 is 12.0 Å². The predicted molar refractivity (Wildman–Crippen MR) is 65.0 cm³/mol. The Hall–Kier alpha value is -2.11. The Morgan fingerprint density at radius 1 is 1.44 bits per heavy atom. The third kappa shape index (κ3) is 4.04. The van der Waals surface area contributed by atoms with E-state index < -0.39 is 11.7 Å². The minimum Gasteiger partial charge on any atom is -0.502 e. The molecule has 0 aliphatic rings. The van der Waals surface area contributed by atoms with Crippen LogP contribution >= 0.6 is 0 Å². The van der Waals surface area contributed by atoms with Crippen molar-refractivity contribution in [2.75, 3.05) is 6.61 Å². The van der Waals surface area contributed by atoms with Crippen molar-refractivity contribution in [1.29, 1.82) is 0 Å². The molecule has 1 aromatic rings. The van der Waals surface area contributed by atoms with Crippen LogP contribution in [-0.2, 0) is 9.53 Å². The summed E-state index contributed by atoms with van der Waals surface area (Å²) in [5, 5.41) is 9.52. The molecule has 1 aromatic heterocycles. The molecule has 1 heterocycles. The fourth-order valence-corrected chi connectivity index (χ4v) is 1.14. The van der Waals surface area contributed by atoms with Gasteiger partial charge in [-0.2, -0.15) is 0 Å². The molecule has 0 saturated carbocycles. The first-order chi connectivity index (χ1) is 8.54. The fraction of sp³-hybridized carbons (Fsp3) is 0.417. The Morgan fingerprint density at radius 3 is 2.72 bits per heavy atom. The van der Waals surface area contributed by atoms with Gasteiger partial charge in [-0.25, -0.2) is 14.8 Å². The molecule has 0 radical (unpaired) electrons. The summed E-state index contributed by atoms with van der Waals surface area (Å²) in [4.78, 5) is 19.2. The molecule has 6 nitrogen and oxygen atoms in total. The van der Waals surface area contributed by atoms with E-state index in [0.717, 1.165) is 0 Å². The van der Waals surface area contributed by atoms with Crippen LogP contribution in [-0.4, -0.2) is 33.8 Å². The van der Waals surface area contributed by atoms with E-state index in [9.17, 15) is 9.90 Å². The van der Waals surface area contributed by atoms with Gasteiger partial charge in [-0.1, -0.05) is 0 Å². The summed E-state index contributed by atoms with van der Waals surface area (Å²) in [6.45, 7) is 5.52. The number of rotatable bonds is 5. The molecule has 0 fully saturated rings. The van der Waals surface area contributed by atoms with Crippen molar-refractivity contribution in [1.82, 2.24) is 9.97 Å². The maximum absolute atomic E-state index is 11.3. The SMILES string of the molecule is CCOC(=O)/C(O)=C/c1nccnc1OC(C)C. The second kappa shape index (κ2) is 6.58. The van der Waals surface area contributed by atoms with Crippen molar-refractivity contribution in [2.24, 2.45) is 0 Å². The van der Waals surface area contributed by atoms with Crippen molar-refractivity contribution < 1.29 is 19.4 Å². The van der Waals surface area contributed by atoms with Crippen LogP contribution in [0.3, 0.4) is 0 Å². The highest BCUT2D eigenvalue weighted by molar-refractivity contribution is 5.90. The summed E-state index contributed by atoms with van der Waals surface area (Å²) in [6.07, 6.45) is 4.00. The van der Waals surface area contributed by atoms with Gasteiger partial charge >= 0.3 is 5.97 Å². The molecule has 0 aliphatic heterocycles. The molecule has 1 N–H and O–H groups in total. The lowest BCUT2D eigenvalue weighted by atomic mass is 10.3. The minimum absolute atomic E-state index is 0.0846. The summed E-state index contributed by atoms with van der Waals surface area (Å²) in [6, 6.07) is 0. The van der Waals surface area contributed by atoms with Crippen LogP contribution in [0.2, 0.25) is 0 Å². The third-order valence-electron chi connectivity index (χ3n) is 1.80. The van der Waals surface area contributed by atoms with Crippen LogP contribution < -0.4 is 4.74 Å². The second-order valence-corrected chi connectivity index (χ2v) is 3.66. The van der Waals surface area contributed by atoms with E-state index in [2.05, 4.69) is 14.7 Å². The fourth-order valence-electron chi connectivity index (χ4n) is 1.14. The number of aliphatic hydroxyl groups excluding tert-OH is 1. The second-order valence-electron chi connectivity index (χ2n) is 3.66. The summed E-state index contributed by atoms with van der Waals surface area (Å²) >= 11 is 0. The molecule has 0 unspecified atom stereocenters. The molecule has 0 amide bonds. The van der Waals surface area contributed by atoms with Crippen molar-refractivity contribution in [2.45, 2.75) is 26.9 Å². The first kappa shape index (κ1) is 14.0. The monoisotopic (exact) mass is 252 g/mol. The molecule has 0 bridgehead atoms. The van der Waals surface area contributed by atoms with Crippen LogP contribution in [0, 0.1) is 0 Å². The highest BCUT2D eigenvalue weighted by atomic mass is 16.5. The van der Waals surface area contributed by atoms with Crippen molar-refractivity contribution in [3.8, 4) is 5.88 Å². The van der Waals surface area contributed by atoms with E-state index in [0.29, 0.717) is 0 Å². The van der Waals surface area contributed by atoms with Crippen LogP contribution in [0.5, 0.6) is 5.88 Å². The van der Waals surface area contributed by atoms with Gasteiger partial charge in [0.15, 0.2) is 0 Å². The number of nitrogens with zero attached hydrogens (tertiary/aromatic N) is 2. The van der Waals surface area contributed by atoms with Gasteiger partial charge in [-0.05, 0) is 20.8 Å². The Balaban J connectivity index is 2.95. The normalized spacial score (nSPS) is 11.4. The van der Waals surface area contributed by atoms with Gasteiger partial charge in [-0.3, -0.25) is 0 Å². The maximum atomic E-state index is 11.3. The van der Waals surface area contributed by atoms with Gasteiger partial charge in [0.25, 0.3) is 0 Å². The van der Waals surface area contributed by atoms with Gasteiger partial charge in [0.1, 0.15) is 5.69 Å². The quantitative estimate of drug-likeness (QED) is 0.488. The molecule has 1 rings (SSSR count). The molecular formula is C12H16N2O4. The van der Waals surface area contributed by atoms with E-state index >= 15 is 0 Å². The summed E-state index contributed by atoms with van der Waals surface area (Å²) in [5.41, 5.74) is 0.275. The number of hydrogen-bond donors (Lipinski definition) is 1. The predicted octanol–water partition coefficient (Wildman–Crippen LogP) is 1.73. The molecule has 0 atom stereocenters. The summed E-state index contributed by atoms with van der Waals surface area (Å²) in [7, 11) is 0. The van der Waals surface area contributed by atoms with Crippen molar-refractivity contribution in [3.05, 3.63) is 23.8 Å². The van der Waals surface area contributed by atoms with Crippen LogP contribution in [0.1, 0.15) is 26.5 Å².